The van der Waals surface area contributed by atoms with Crippen LogP contribution < -0.4 is 5.32 Å². The molecule has 1 N–H and O–H groups in total. The summed E-state index contributed by atoms with van der Waals surface area (Å²) in [6, 6.07) is -0.742. The van der Waals surface area contributed by atoms with E-state index in [0.29, 0.717) is 19.5 Å². The van der Waals surface area contributed by atoms with Crippen molar-refractivity contribution in [2.75, 3.05) is 20.2 Å². The number of esters is 1. The Morgan fingerprint density at radius 3 is 2.90 bits per heavy atom. The predicted octanol–water partition coefficient (Wildman–Crippen LogP) is 0.233. The molecule has 6 nitrogen and oxygen atoms in total. The second kappa shape index (κ2) is 6.54. The number of nitrogens with one attached hydrogen (secondary N) is 1. The first-order valence-corrected chi connectivity index (χ1v) is 6.92. The van der Waals surface area contributed by atoms with Crippen LogP contribution in [0.1, 0.15) is 25.7 Å². The van der Waals surface area contributed by atoms with Crippen molar-refractivity contribution < 1.29 is 19.1 Å². The highest BCUT2D eigenvalue weighted by molar-refractivity contribution is 5.92. The summed E-state index contributed by atoms with van der Waals surface area (Å²) in [7, 11) is 1.28. The van der Waals surface area contributed by atoms with E-state index in [1.165, 1.54) is 12.0 Å². The molecule has 2 amide bonds. The van der Waals surface area contributed by atoms with Gasteiger partial charge >= 0.3 is 5.97 Å². The molecule has 1 saturated heterocycles. The number of ether oxygens (including phenoxy) is 1. The molecular formula is C14H20N2O4. The van der Waals surface area contributed by atoms with E-state index >= 15 is 0 Å². The van der Waals surface area contributed by atoms with Crippen molar-refractivity contribution in [1.82, 2.24) is 10.2 Å². The Kier molecular flexibility index (Phi) is 4.76. The van der Waals surface area contributed by atoms with Gasteiger partial charge in [-0.15, -0.1) is 0 Å². The SMILES string of the molecule is COC(=O)C[C@@H]1C(=O)NCCN1C(=O)C[C@@H]1C=CCC1. The van der Waals surface area contributed by atoms with Gasteiger partial charge in [-0.25, -0.2) is 0 Å². The fraction of sp³-hybridized carbons (Fsp3) is 0.643. The predicted molar refractivity (Wildman–Crippen MR) is 71.6 cm³/mol. The monoisotopic (exact) mass is 280 g/mol. The van der Waals surface area contributed by atoms with Gasteiger partial charge in [-0.2, -0.15) is 0 Å². The van der Waals surface area contributed by atoms with E-state index in [9.17, 15) is 14.4 Å². The highest BCUT2D eigenvalue weighted by Crippen LogP contribution is 2.22. The van der Waals surface area contributed by atoms with Gasteiger partial charge in [0.1, 0.15) is 6.04 Å². The smallest absolute Gasteiger partial charge is 0.308 e. The number of amides is 2. The van der Waals surface area contributed by atoms with E-state index < -0.39 is 12.0 Å². The summed E-state index contributed by atoms with van der Waals surface area (Å²) in [4.78, 5) is 37.1. The van der Waals surface area contributed by atoms with Crippen LogP contribution >= 0.6 is 0 Å². The van der Waals surface area contributed by atoms with Crippen LogP contribution in [0.25, 0.3) is 0 Å². The number of hydrogen-bond acceptors (Lipinski definition) is 4. The third kappa shape index (κ3) is 3.37. The third-order valence-corrected chi connectivity index (χ3v) is 3.79. The molecule has 1 aliphatic heterocycles. The minimum absolute atomic E-state index is 0.0645. The summed E-state index contributed by atoms with van der Waals surface area (Å²) in [5, 5.41) is 2.69. The molecule has 0 aromatic rings. The number of carbonyl (C=O) groups excluding carboxylic acids is 3. The fourth-order valence-corrected chi connectivity index (χ4v) is 2.66. The lowest BCUT2D eigenvalue weighted by atomic mass is 10.0. The molecular weight excluding hydrogens is 260 g/mol. The molecule has 0 radical (unpaired) electrons. The first kappa shape index (κ1) is 14.6. The Labute approximate surface area is 118 Å². The number of methoxy groups -OCH3 is 1. The zero-order chi connectivity index (χ0) is 14.5. The minimum Gasteiger partial charge on any atom is -0.469 e. The zero-order valence-electron chi connectivity index (χ0n) is 11.6. The van der Waals surface area contributed by atoms with Gasteiger partial charge in [-0.1, -0.05) is 12.2 Å². The Balaban J connectivity index is 2.01. The first-order valence-electron chi connectivity index (χ1n) is 6.92. The van der Waals surface area contributed by atoms with Crippen molar-refractivity contribution in [3.05, 3.63) is 12.2 Å². The molecule has 0 spiro atoms. The van der Waals surface area contributed by atoms with Gasteiger partial charge < -0.3 is 15.0 Å². The van der Waals surface area contributed by atoms with E-state index in [0.717, 1.165) is 12.8 Å². The normalized spacial score (nSPS) is 25.4. The molecule has 2 aliphatic rings. The first-order chi connectivity index (χ1) is 9.61. The molecule has 0 aromatic carbocycles. The minimum atomic E-state index is -0.742. The zero-order valence-corrected chi connectivity index (χ0v) is 11.6. The number of rotatable bonds is 4. The molecule has 0 bridgehead atoms. The molecule has 1 fully saturated rings. The van der Waals surface area contributed by atoms with Gasteiger partial charge in [0.2, 0.25) is 11.8 Å². The van der Waals surface area contributed by atoms with Crippen molar-refractivity contribution in [1.29, 1.82) is 0 Å². The Hall–Kier alpha value is -1.85. The Bertz CT molecular complexity index is 433. The van der Waals surface area contributed by atoms with Gasteiger partial charge in [-0.3, -0.25) is 14.4 Å². The second-order valence-electron chi connectivity index (χ2n) is 5.14. The lowest BCUT2D eigenvalue weighted by Crippen LogP contribution is -2.58. The van der Waals surface area contributed by atoms with Crippen LogP contribution in [0.4, 0.5) is 0 Å². The van der Waals surface area contributed by atoms with Crippen LogP contribution in [0.2, 0.25) is 0 Å². The molecule has 0 unspecified atom stereocenters. The number of hydrogen-bond donors (Lipinski definition) is 1. The molecule has 1 heterocycles. The quantitative estimate of drug-likeness (QED) is 0.591. The average Bonchev–Trinajstić information content (AvgIpc) is 2.93. The highest BCUT2D eigenvalue weighted by Gasteiger charge is 2.35. The summed E-state index contributed by atoms with van der Waals surface area (Å²) in [5.74, 6) is -0.570. The second-order valence-corrected chi connectivity index (χ2v) is 5.14. The van der Waals surface area contributed by atoms with Crippen molar-refractivity contribution in [2.45, 2.75) is 31.7 Å². The van der Waals surface area contributed by atoms with E-state index in [-0.39, 0.29) is 24.2 Å². The maximum atomic E-state index is 12.3. The lowest BCUT2D eigenvalue weighted by molar-refractivity contribution is -0.150. The van der Waals surface area contributed by atoms with Crippen LogP contribution in [0.5, 0.6) is 0 Å². The average molecular weight is 280 g/mol. The molecule has 20 heavy (non-hydrogen) atoms. The molecule has 1 aliphatic carbocycles. The van der Waals surface area contributed by atoms with Gasteiger partial charge in [0, 0.05) is 19.5 Å². The Morgan fingerprint density at radius 1 is 1.45 bits per heavy atom. The maximum Gasteiger partial charge on any atom is 0.308 e. The summed E-state index contributed by atoms with van der Waals surface area (Å²) in [6.07, 6.45) is 6.43. The third-order valence-electron chi connectivity index (χ3n) is 3.79. The van der Waals surface area contributed by atoms with E-state index in [1.807, 2.05) is 0 Å². The van der Waals surface area contributed by atoms with Crippen molar-refractivity contribution in [3.8, 4) is 0 Å². The molecule has 2 atom stereocenters. The van der Waals surface area contributed by atoms with Crippen LogP contribution in [0.3, 0.4) is 0 Å². The Morgan fingerprint density at radius 2 is 2.25 bits per heavy atom. The number of allylic oxidation sites excluding steroid dienone is 2. The molecule has 110 valence electrons. The van der Waals surface area contributed by atoms with E-state index in [1.54, 1.807) is 0 Å². The lowest BCUT2D eigenvalue weighted by Gasteiger charge is -2.35. The summed E-state index contributed by atoms with van der Waals surface area (Å²) >= 11 is 0. The number of piperazine rings is 1. The van der Waals surface area contributed by atoms with Gasteiger partial charge in [0.25, 0.3) is 0 Å². The molecule has 0 aromatic heterocycles. The summed E-state index contributed by atoms with van der Waals surface area (Å²) in [6.45, 7) is 0.880. The van der Waals surface area contributed by atoms with Gasteiger partial charge in [0.15, 0.2) is 0 Å². The molecule has 6 heteroatoms. The van der Waals surface area contributed by atoms with Crippen molar-refractivity contribution in [3.63, 3.8) is 0 Å². The molecule has 2 rings (SSSR count). The van der Waals surface area contributed by atoms with Gasteiger partial charge in [0.05, 0.1) is 13.5 Å². The standard InChI is InChI=1S/C14H20N2O4/c1-20-13(18)9-11-14(19)15-6-7-16(11)12(17)8-10-4-2-3-5-10/h2,4,10-11H,3,5-9H2,1H3,(H,15,19)/t10-,11-/m1/s1. The largest absolute Gasteiger partial charge is 0.469 e. The summed E-state index contributed by atoms with van der Waals surface area (Å²) < 4.78 is 4.59. The van der Waals surface area contributed by atoms with Crippen LogP contribution in [-0.2, 0) is 19.1 Å². The van der Waals surface area contributed by atoms with Crippen LogP contribution in [0.15, 0.2) is 12.2 Å². The number of carbonyl (C=O) groups is 3. The van der Waals surface area contributed by atoms with Crippen molar-refractivity contribution in [2.24, 2.45) is 5.92 Å². The van der Waals surface area contributed by atoms with E-state index in [2.05, 4.69) is 22.2 Å². The number of nitrogens with zero attached hydrogens (tertiary/aromatic N) is 1. The molecule has 0 saturated carbocycles. The van der Waals surface area contributed by atoms with Gasteiger partial charge in [-0.05, 0) is 18.8 Å². The van der Waals surface area contributed by atoms with E-state index in [4.69, 9.17) is 0 Å². The maximum absolute atomic E-state index is 12.3. The van der Waals surface area contributed by atoms with Crippen LogP contribution in [-0.4, -0.2) is 48.9 Å². The highest BCUT2D eigenvalue weighted by atomic mass is 16.5. The fourth-order valence-electron chi connectivity index (χ4n) is 2.66. The topological polar surface area (TPSA) is 75.7 Å². The summed E-state index contributed by atoms with van der Waals surface area (Å²) in [5.41, 5.74) is 0. The van der Waals surface area contributed by atoms with Crippen LogP contribution in [0, 0.1) is 5.92 Å². The van der Waals surface area contributed by atoms with Crippen molar-refractivity contribution >= 4 is 17.8 Å².